The number of ether oxygens (including phenoxy) is 1. The van der Waals surface area contributed by atoms with E-state index in [-0.39, 0.29) is 11.5 Å². The molecule has 0 aliphatic rings. The molecule has 0 radical (unpaired) electrons. The summed E-state index contributed by atoms with van der Waals surface area (Å²) in [5, 5.41) is 14.4. The molecule has 2 N–H and O–H groups in total. The number of phenols is 1. The third-order valence-electron chi connectivity index (χ3n) is 7.08. The number of methoxy groups -OCH3 is 1. The van der Waals surface area contributed by atoms with E-state index in [4.69, 9.17) is 4.74 Å². The monoisotopic (exact) mass is 573 g/mol. The van der Waals surface area contributed by atoms with Crippen LogP contribution in [-0.2, 0) is 19.1 Å². The van der Waals surface area contributed by atoms with Crippen LogP contribution in [0.3, 0.4) is 0 Å². The lowest BCUT2D eigenvalue weighted by Gasteiger charge is -2.36. The van der Waals surface area contributed by atoms with Gasteiger partial charge < -0.3 is 15.2 Å². The molecule has 5 nitrogen and oxygen atoms in total. The number of aromatic hydroxyl groups is 1. The van der Waals surface area contributed by atoms with Gasteiger partial charge in [0.2, 0.25) is 5.91 Å². The number of carbonyl (C=O) groups excluding carboxylic acids is 2. The van der Waals surface area contributed by atoms with Crippen molar-refractivity contribution in [2.75, 3.05) is 12.9 Å². The molecule has 0 saturated carbocycles. The Morgan fingerprint density at radius 3 is 1.86 bits per heavy atom. The molecule has 5 rings (SSSR count). The lowest BCUT2D eigenvalue weighted by Crippen LogP contribution is -2.43. The molecule has 0 aliphatic carbocycles. The van der Waals surface area contributed by atoms with Crippen molar-refractivity contribution < 1.29 is 19.4 Å². The van der Waals surface area contributed by atoms with Gasteiger partial charge in [-0.2, -0.15) is 0 Å². The first-order chi connectivity index (χ1) is 20.5. The molecule has 5 aromatic rings. The van der Waals surface area contributed by atoms with Gasteiger partial charge in [0.15, 0.2) is 0 Å². The van der Waals surface area contributed by atoms with Crippen molar-refractivity contribution in [2.24, 2.45) is 0 Å². The van der Waals surface area contributed by atoms with Crippen molar-refractivity contribution in [1.29, 1.82) is 0 Å². The van der Waals surface area contributed by atoms with Crippen molar-refractivity contribution in [1.82, 2.24) is 5.32 Å². The Bertz CT molecular complexity index is 1590. The van der Waals surface area contributed by atoms with Crippen molar-refractivity contribution >= 4 is 40.5 Å². The minimum absolute atomic E-state index is 0.202. The second kappa shape index (κ2) is 13.2. The normalized spacial score (nSPS) is 12.2. The molecule has 0 spiro atoms. The number of rotatable bonds is 10. The Balaban J connectivity index is 1.42. The van der Waals surface area contributed by atoms with E-state index < -0.39 is 22.7 Å². The molecule has 0 aliphatic heterocycles. The van der Waals surface area contributed by atoms with Crippen LogP contribution in [0.15, 0.2) is 133 Å². The fraction of sp³-hybridized carbons (Fsp3) is 0.111. The third-order valence-corrected chi connectivity index (χ3v) is 8.72. The smallest absolute Gasteiger partial charge is 0.329 e. The van der Waals surface area contributed by atoms with E-state index in [0.29, 0.717) is 0 Å². The zero-order valence-corrected chi connectivity index (χ0v) is 24.0. The Labute approximate surface area is 249 Å². The number of benzene rings is 5. The Morgan fingerprint density at radius 1 is 0.786 bits per heavy atom. The van der Waals surface area contributed by atoms with Crippen LogP contribution < -0.4 is 5.32 Å². The maximum atomic E-state index is 13.0. The molecule has 42 heavy (non-hydrogen) atoms. The lowest BCUT2D eigenvalue weighted by atomic mass is 9.84. The molecule has 0 heterocycles. The van der Waals surface area contributed by atoms with Gasteiger partial charge in [-0.15, -0.1) is 11.8 Å². The molecule has 1 atom stereocenters. The average Bonchev–Trinajstić information content (AvgIpc) is 3.04. The number of nitrogens with one attached hydrogen (secondary N) is 1. The average molecular weight is 574 g/mol. The molecular formula is C36H31NO4S. The first kappa shape index (κ1) is 28.7. The van der Waals surface area contributed by atoms with Crippen LogP contribution in [0.25, 0.3) is 16.8 Å². The standard InChI is InChI=1S/C36H31NO4S/c1-41-35(40)33(37-34(39)22-18-26-17-19-28-24-32(38)21-20-27(28)23-26)25-42-36(29-11-5-2-6-12-29,30-13-7-3-8-14-30)31-15-9-4-10-16-31/h2-24,33,38H,25H2,1H3,(H,37,39)/b22-18+/t33-/m1/s1. The molecule has 0 fully saturated rings. The van der Waals surface area contributed by atoms with E-state index in [9.17, 15) is 14.7 Å². The summed E-state index contributed by atoms with van der Waals surface area (Å²) >= 11 is 1.58. The van der Waals surface area contributed by atoms with Gasteiger partial charge in [0.05, 0.1) is 11.9 Å². The Hall–Kier alpha value is -4.81. The quantitative estimate of drug-likeness (QED) is 0.108. The number of carbonyl (C=O) groups is 2. The highest BCUT2D eigenvalue weighted by Crippen LogP contribution is 2.48. The maximum absolute atomic E-state index is 13.0. The van der Waals surface area contributed by atoms with Gasteiger partial charge in [-0.25, -0.2) is 4.79 Å². The number of hydrogen-bond donors (Lipinski definition) is 2. The van der Waals surface area contributed by atoms with Crippen LogP contribution in [0.5, 0.6) is 5.75 Å². The van der Waals surface area contributed by atoms with Gasteiger partial charge in [0, 0.05) is 11.8 Å². The molecule has 210 valence electrons. The number of esters is 1. The van der Waals surface area contributed by atoms with Gasteiger partial charge >= 0.3 is 5.97 Å². The van der Waals surface area contributed by atoms with E-state index in [2.05, 4.69) is 41.7 Å². The summed E-state index contributed by atoms with van der Waals surface area (Å²) in [7, 11) is 1.33. The minimum atomic E-state index is -0.882. The summed E-state index contributed by atoms with van der Waals surface area (Å²) in [5.74, 6) is -0.447. The van der Waals surface area contributed by atoms with Gasteiger partial charge in [-0.3, -0.25) is 4.79 Å². The van der Waals surface area contributed by atoms with Crippen molar-refractivity contribution in [3.05, 3.63) is 156 Å². The maximum Gasteiger partial charge on any atom is 0.329 e. The van der Waals surface area contributed by atoms with Gasteiger partial charge in [0.25, 0.3) is 0 Å². The van der Waals surface area contributed by atoms with Crippen LogP contribution in [0.4, 0.5) is 0 Å². The molecule has 0 aromatic heterocycles. The van der Waals surface area contributed by atoms with Crippen molar-refractivity contribution in [3.8, 4) is 5.75 Å². The third kappa shape index (κ3) is 6.40. The highest BCUT2D eigenvalue weighted by molar-refractivity contribution is 8.00. The topological polar surface area (TPSA) is 75.6 Å². The van der Waals surface area contributed by atoms with E-state index >= 15 is 0 Å². The fourth-order valence-electron chi connectivity index (χ4n) is 5.03. The van der Waals surface area contributed by atoms with Crippen LogP contribution in [0, 0.1) is 0 Å². The number of fused-ring (bicyclic) bond motifs is 1. The second-order valence-electron chi connectivity index (χ2n) is 9.80. The predicted molar refractivity (Wildman–Crippen MR) is 170 cm³/mol. The Kier molecular flexibility index (Phi) is 9.05. The Morgan fingerprint density at radius 2 is 1.31 bits per heavy atom. The van der Waals surface area contributed by atoms with E-state index in [0.717, 1.165) is 33.0 Å². The summed E-state index contributed by atoms with van der Waals surface area (Å²) in [6, 6.07) is 40.5. The first-order valence-electron chi connectivity index (χ1n) is 13.6. The SMILES string of the molecule is COC(=O)[C@@H](CSC(c1ccccc1)(c1ccccc1)c1ccccc1)NC(=O)/C=C/c1ccc2cc(O)ccc2c1. The highest BCUT2D eigenvalue weighted by Gasteiger charge is 2.38. The summed E-state index contributed by atoms with van der Waals surface area (Å²) in [6.07, 6.45) is 3.12. The van der Waals surface area contributed by atoms with Gasteiger partial charge in [0.1, 0.15) is 11.8 Å². The highest BCUT2D eigenvalue weighted by atomic mass is 32.2. The molecule has 6 heteroatoms. The van der Waals surface area contributed by atoms with Crippen molar-refractivity contribution in [2.45, 2.75) is 10.8 Å². The van der Waals surface area contributed by atoms with E-state index in [1.165, 1.54) is 13.2 Å². The van der Waals surface area contributed by atoms with E-state index in [1.807, 2.05) is 78.9 Å². The van der Waals surface area contributed by atoms with Crippen LogP contribution >= 0.6 is 11.8 Å². The minimum Gasteiger partial charge on any atom is -0.508 e. The zero-order valence-electron chi connectivity index (χ0n) is 23.1. The van der Waals surface area contributed by atoms with Gasteiger partial charge in [-0.1, -0.05) is 109 Å². The summed E-state index contributed by atoms with van der Waals surface area (Å²) in [4.78, 5) is 26.0. The van der Waals surface area contributed by atoms with E-state index in [1.54, 1.807) is 30.0 Å². The van der Waals surface area contributed by atoms with Crippen LogP contribution in [0.2, 0.25) is 0 Å². The molecule has 1 amide bonds. The second-order valence-corrected chi connectivity index (χ2v) is 11.0. The number of thioether (sulfide) groups is 1. The fourth-order valence-corrected chi connectivity index (χ4v) is 6.58. The lowest BCUT2D eigenvalue weighted by molar-refractivity contribution is -0.143. The van der Waals surface area contributed by atoms with Crippen LogP contribution in [0.1, 0.15) is 22.3 Å². The zero-order chi connectivity index (χ0) is 29.4. The van der Waals surface area contributed by atoms with Crippen molar-refractivity contribution in [3.63, 3.8) is 0 Å². The molecular weight excluding hydrogens is 542 g/mol. The predicted octanol–water partition coefficient (Wildman–Crippen LogP) is 6.94. The summed E-state index contributed by atoms with van der Waals surface area (Å²) < 4.78 is 4.46. The largest absolute Gasteiger partial charge is 0.508 e. The number of amides is 1. The number of phenolic OH excluding ortho intramolecular Hbond substituents is 1. The molecule has 0 saturated heterocycles. The first-order valence-corrected chi connectivity index (χ1v) is 14.6. The molecule has 0 unspecified atom stereocenters. The summed E-state index contributed by atoms with van der Waals surface area (Å²) in [5.41, 5.74) is 4.01. The van der Waals surface area contributed by atoms with Crippen LogP contribution in [-0.4, -0.2) is 35.9 Å². The number of hydrogen-bond acceptors (Lipinski definition) is 5. The summed E-state index contributed by atoms with van der Waals surface area (Å²) in [6.45, 7) is 0. The molecule has 5 aromatic carbocycles. The van der Waals surface area contributed by atoms with Gasteiger partial charge in [-0.05, 0) is 57.3 Å². The molecule has 0 bridgehead atoms.